The van der Waals surface area contributed by atoms with Gasteiger partial charge in [0.2, 0.25) is 0 Å². The Morgan fingerprint density at radius 3 is 2.22 bits per heavy atom. The molecule has 3 rings (SSSR count). The van der Waals surface area contributed by atoms with Crippen LogP contribution in [0.1, 0.15) is 37.7 Å². The van der Waals surface area contributed by atoms with Gasteiger partial charge < -0.3 is 9.47 Å². The van der Waals surface area contributed by atoms with E-state index in [1.807, 2.05) is 24.3 Å². The lowest BCUT2D eigenvalue weighted by molar-refractivity contribution is -0.241. The molecule has 0 radical (unpaired) electrons. The number of halogens is 1. The van der Waals surface area contributed by atoms with Gasteiger partial charge in [-0.2, -0.15) is 0 Å². The molecule has 0 atom stereocenters. The molecule has 1 aromatic carbocycles. The van der Waals surface area contributed by atoms with Gasteiger partial charge in [0.05, 0.1) is 6.54 Å². The first-order chi connectivity index (χ1) is 11.0. The van der Waals surface area contributed by atoms with Gasteiger partial charge in [0.15, 0.2) is 0 Å². The van der Waals surface area contributed by atoms with Crippen molar-refractivity contribution in [2.45, 2.75) is 44.4 Å². The maximum absolute atomic E-state index is 10.9. The third-order valence-corrected chi connectivity index (χ3v) is 4.20. The van der Waals surface area contributed by atoms with Gasteiger partial charge in [0.25, 0.3) is 5.79 Å². The van der Waals surface area contributed by atoms with Crippen molar-refractivity contribution in [2.24, 2.45) is 5.11 Å². The first-order valence-electron chi connectivity index (χ1n) is 7.22. The zero-order valence-electron chi connectivity index (χ0n) is 12.4. The summed E-state index contributed by atoms with van der Waals surface area (Å²) in [6.07, 6.45) is 3.00. The second-order valence-electron chi connectivity index (χ2n) is 5.26. The minimum absolute atomic E-state index is 0.234. The molecular weight excluding hydrogens is 413 g/mol. The highest BCUT2D eigenvalue weighted by Gasteiger charge is 2.45. The zero-order chi connectivity index (χ0) is 16.7. The van der Waals surface area contributed by atoms with Gasteiger partial charge in [-0.3, -0.25) is 9.59 Å². The highest BCUT2D eigenvalue weighted by molar-refractivity contribution is 14.1. The molecule has 122 valence electrons. The molecule has 1 aromatic rings. The van der Waals surface area contributed by atoms with Crippen LogP contribution in [0.25, 0.3) is 10.4 Å². The summed E-state index contributed by atoms with van der Waals surface area (Å²) >= 11 is 2.23. The number of hydrogen-bond acceptors (Lipinski definition) is 5. The summed E-state index contributed by atoms with van der Waals surface area (Å²) in [6.45, 7) is 0.438. The molecule has 1 saturated carbocycles. The average molecular weight is 429 g/mol. The molecule has 0 unspecified atom stereocenters. The van der Waals surface area contributed by atoms with Crippen LogP contribution in [0.5, 0.6) is 0 Å². The predicted molar refractivity (Wildman–Crippen MR) is 90.0 cm³/mol. The fraction of sp³-hybridized carbons (Fsp3) is 0.467. The van der Waals surface area contributed by atoms with Gasteiger partial charge in [-0.25, -0.2) is 0 Å². The fourth-order valence-corrected chi connectivity index (χ4v) is 2.81. The first kappa shape index (κ1) is 17.6. The Kier molecular flexibility index (Phi) is 6.23. The van der Waals surface area contributed by atoms with E-state index in [9.17, 15) is 9.59 Å². The summed E-state index contributed by atoms with van der Waals surface area (Å²) in [4.78, 5) is 24.5. The lowest BCUT2D eigenvalue weighted by Gasteiger charge is -2.31. The first-order valence-corrected chi connectivity index (χ1v) is 8.30. The van der Waals surface area contributed by atoms with E-state index in [2.05, 4.69) is 32.6 Å². The molecule has 1 aliphatic carbocycles. The molecule has 1 heterocycles. The van der Waals surface area contributed by atoms with Crippen molar-refractivity contribution in [2.75, 3.05) is 0 Å². The van der Waals surface area contributed by atoms with Crippen molar-refractivity contribution in [1.82, 2.24) is 0 Å². The van der Waals surface area contributed by atoms with E-state index >= 15 is 0 Å². The molecule has 2 aliphatic rings. The normalized spacial score (nSPS) is 18.3. The van der Waals surface area contributed by atoms with Crippen molar-refractivity contribution >= 4 is 34.5 Å². The zero-order valence-corrected chi connectivity index (χ0v) is 14.6. The lowest BCUT2D eigenvalue weighted by atomic mass is 10.2. The number of esters is 2. The van der Waals surface area contributed by atoms with Gasteiger partial charge in [-0.15, -0.1) is 0 Å². The Morgan fingerprint density at radius 2 is 1.70 bits per heavy atom. The van der Waals surface area contributed by atoms with E-state index in [-0.39, 0.29) is 6.42 Å². The van der Waals surface area contributed by atoms with Crippen LogP contribution in [0.2, 0.25) is 0 Å². The largest absolute Gasteiger partial charge is 0.422 e. The van der Waals surface area contributed by atoms with Crippen LogP contribution >= 0.6 is 22.6 Å². The number of ether oxygens (including phenoxy) is 2. The van der Waals surface area contributed by atoms with Crippen LogP contribution in [-0.4, -0.2) is 17.7 Å². The molecular formula is C15H16IN3O4. The third-order valence-electron chi connectivity index (χ3n) is 3.48. The van der Waals surface area contributed by atoms with Gasteiger partial charge in [0, 0.05) is 21.3 Å². The molecule has 23 heavy (non-hydrogen) atoms. The van der Waals surface area contributed by atoms with Gasteiger partial charge in [-0.05, 0) is 58.7 Å². The third kappa shape index (κ3) is 5.40. The number of carbonyl (C=O) groups is 2. The molecule has 0 aromatic heterocycles. The number of hydrogen-bond donors (Lipinski definition) is 0. The smallest absolute Gasteiger partial charge is 0.320 e. The molecule has 7 nitrogen and oxygen atoms in total. The Hall–Kier alpha value is -1.80. The molecule has 0 amide bonds. The Balaban J connectivity index is 0.000000168. The van der Waals surface area contributed by atoms with Crippen molar-refractivity contribution in [1.29, 1.82) is 0 Å². The van der Waals surface area contributed by atoms with E-state index in [1.54, 1.807) is 0 Å². The average Bonchev–Trinajstić information content (AvgIpc) is 2.93. The van der Waals surface area contributed by atoms with Crippen molar-refractivity contribution in [3.05, 3.63) is 43.8 Å². The standard InChI is InChI=1S/C8H10O4.C7H6IN3/c9-6-5-7(10)12-8(11-6)3-1-2-4-8;8-7-3-1-6(2-4-7)5-10-11-9/h1-5H2;1-4H,5H2. The molecule has 1 saturated heterocycles. The summed E-state index contributed by atoms with van der Waals surface area (Å²) < 4.78 is 11.2. The van der Waals surface area contributed by atoms with E-state index in [1.165, 1.54) is 3.57 Å². The lowest BCUT2D eigenvalue weighted by Crippen LogP contribution is -2.42. The van der Waals surface area contributed by atoms with Crippen molar-refractivity contribution < 1.29 is 19.1 Å². The number of carbonyl (C=O) groups excluding carboxylic acids is 2. The number of benzene rings is 1. The van der Waals surface area contributed by atoms with E-state index in [0.717, 1.165) is 18.4 Å². The number of azide groups is 1. The Morgan fingerprint density at radius 1 is 1.13 bits per heavy atom. The number of rotatable bonds is 2. The second kappa shape index (κ2) is 8.16. The summed E-state index contributed by atoms with van der Waals surface area (Å²) in [5.41, 5.74) is 9.08. The van der Waals surface area contributed by atoms with Crippen LogP contribution in [0.4, 0.5) is 0 Å². The van der Waals surface area contributed by atoms with Crippen LogP contribution in [0.15, 0.2) is 29.4 Å². The molecule has 2 fully saturated rings. The molecule has 0 bridgehead atoms. The van der Waals surface area contributed by atoms with Crippen molar-refractivity contribution in [3.8, 4) is 0 Å². The SMILES string of the molecule is O=C1CC(=O)OC2(CCCC2)O1.[N-]=[N+]=NCc1ccc(I)cc1. The van der Waals surface area contributed by atoms with Crippen LogP contribution < -0.4 is 0 Å². The minimum atomic E-state index is -0.883. The van der Waals surface area contributed by atoms with E-state index in [4.69, 9.17) is 15.0 Å². The summed E-state index contributed by atoms with van der Waals surface area (Å²) in [5.74, 6) is -1.78. The molecule has 1 aliphatic heterocycles. The maximum Gasteiger partial charge on any atom is 0.320 e. The topological polar surface area (TPSA) is 101 Å². The predicted octanol–water partition coefficient (Wildman–Crippen LogP) is 3.85. The summed E-state index contributed by atoms with van der Waals surface area (Å²) in [5, 5.41) is 3.45. The highest BCUT2D eigenvalue weighted by Crippen LogP contribution is 2.37. The van der Waals surface area contributed by atoms with Gasteiger partial charge in [-0.1, -0.05) is 17.2 Å². The van der Waals surface area contributed by atoms with Crippen LogP contribution in [0, 0.1) is 3.57 Å². The molecule has 8 heteroatoms. The fourth-order valence-electron chi connectivity index (χ4n) is 2.45. The van der Waals surface area contributed by atoms with Crippen LogP contribution in [0.3, 0.4) is 0 Å². The maximum atomic E-state index is 10.9. The number of nitrogens with zero attached hydrogens (tertiary/aromatic N) is 3. The van der Waals surface area contributed by atoms with Crippen LogP contribution in [-0.2, 0) is 25.6 Å². The molecule has 1 spiro atoms. The summed E-state index contributed by atoms with van der Waals surface area (Å²) in [6, 6.07) is 7.89. The Labute approximate surface area is 147 Å². The Bertz CT molecular complexity index is 602. The summed E-state index contributed by atoms with van der Waals surface area (Å²) in [7, 11) is 0. The van der Waals surface area contributed by atoms with Crippen molar-refractivity contribution in [3.63, 3.8) is 0 Å². The van der Waals surface area contributed by atoms with E-state index in [0.29, 0.717) is 19.4 Å². The molecule has 0 N–H and O–H groups in total. The van der Waals surface area contributed by atoms with E-state index < -0.39 is 17.7 Å². The van der Waals surface area contributed by atoms with Gasteiger partial charge in [0.1, 0.15) is 6.42 Å². The minimum Gasteiger partial charge on any atom is -0.422 e. The van der Waals surface area contributed by atoms with Gasteiger partial charge >= 0.3 is 11.9 Å². The highest BCUT2D eigenvalue weighted by atomic mass is 127. The second-order valence-corrected chi connectivity index (χ2v) is 6.50. The quantitative estimate of drug-likeness (QED) is 0.178. The monoisotopic (exact) mass is 429 g/mol.